The first-order valence-electron chi connectivity index (χ1n) is 5.35. The number of benzene rings is 1. The van der Waals surface area contributed by atoms with Crippen LogP contribution in [-0.4, -0.2) is 26.8 Å². The third-order valence-electron chi connectivity index (χ3n) is 2.32. The fraction of sp³-hybridized carbons (Fsp3) is 0.500. The second kappa shape index (κ2) is 4.97. The summed E-state index contributed by atoms with van der Waals surface area (Å²) < 4.78 is 25.0. The number of nitrogens with zero attached hydrogens (tertiary/aromatic N) is 1. The lowest BCUT2D eigenvalue weighted by Crippen LogP contribution is -2.22. The molecule has 0 aliphatic carbocycles. The molecule has 16 heavy (non-hydrogen) atoms. The number of hydrogen-bond acceptors (Lipinski definition) is 2. The van der Waals surface area contributed by atoms with Gasteiger partial charge in [-0.15, -0.1) is 0 Å². The van der Waals surface area contributed by atoms with Gasteiger partial charge in [0.1, 0.15) is 0 Å². The molecule has 0 N–H and O–H groups in total. The van der Waals surface area contributed by atoms with E-state index in [9.17, 15) is 8.42 Å². The van der Waals surface area contributed by atoms with Gasteiger partial charge in [-0.3, -0.25) is 0 Å². The fourth-order valence-corrected chi connectivity index (χ4v) is 2.49. The summed E-state index contributed by atoms with van der Waals surface area (Å²) in [6.07, 6.45) is 0.900. The van der Waals surface area contributed by atoms with E-state index in [0.29, 0.717) is 10.8 Å². The second-order valence-corrected chi connectivity index (χ2v) is 6.68. The lowest BCUT2D eigenvalue weighted by atomic mass is 10.0. The van der Waals surface area contributed by atoms with Crippen LogP contribution in [0, 0.1) is 5.92 Å². The standard InChI is InChI=1S/C12H19NO2S/c1-10(2)8-11-6-5-7-12(9-11)16(14,15)13(3)4/h5-7,9-10H,8H2,1-4H3. The summed E-state index contributed by atoms with van der Waals surface area (Å²) in [6, 6.07) is 7.16. The molecule has 0 saturated heterocycles. The molecule has 1 rings (SSSR count). The van der Waals surface area contributed by atoms with Gasteiger partial charge in [-0.25, -0.2) is 12.7 Å². The van der Waals surface area contributed by atoms with Crippen molar-refractivity contribution in [3.8, 4) is 0 Å². The Kier molecular flexibility index (Phi) is 4.10. The maximum absolute atomic E-state index is 11.9. The van der Waals surface area contributed by atoms with Crippen molar-refractivity contribution in [2.75, 3.05) is 14.1 Å². The average molecular weight is 241 g/mol. The molecule has 0 saturated carbocycles. The molecule has 0 amide bonds. The van der Waals surface area contributed by atoms with Crippen LogP contribution < -0.4 is 0 Å². The predicted octanol–water partition coefficient (Wildman–Crippen LogP) is 2.14. The van der Waals surface area contributed by atoms with Crippen molar-refractivity contribution in [3.63, 3.8) is 0 Å². The summed E-state index contributed by atoms with van der Waals surface area (Å²) in [7, 11) is -0.210. The van der Waals surface area contributed by atoms with Gasteiger partial charge in [-0.05, 0) is 30.0 Å². The molecule has 0 aliphatic heterocycles. The summed E-state index contributed by atoms with van der Waals surface area (Å²) >= 11 is 0. The van der Waals surface area contributed by atoms with Gasteiger partial charge < -0.3 is 0 Å². The Labute approximate surface area is 98.1 Å². The van der Waals surface area contributed by atoms with Gasteiger partial charge in [0.15, 0.2) is 0 Å². The fourth-order valence-electron chi connectivity index (χ4n) is 1.52. The maximum Gasteiger partial charge on any atom is 0.242 e. The summed E-state index contributed by atoms with van der Waals surface area (Å²) in [5.74, 6) is 0.525. The Morgan fingerprint density at radius 3 is 2.38 bits per heavy atom. The van der Waals surface area contributed by atoms with Crippen molar-refractivity contribution in [1.29, 1.82) is 0 Å². The first kappa shape index (κ1) is 13.2. The molecular formula is C12H19NO2S. The van der Waals surface area contributed by atoms with Crippen molar-refractivity contribution in [3.05, 3.63) is 29.8 Å². The summed E-state index contributed by atoms with van der Waals surface area (Å²) in [5, 5.41) is 0. The second-order valence-electron chi connectivity index (χ2n) is 4.53. The van der Waals surface area contributed by atoms with Gasteiger partial charge in [0.25, 0.3) is 0 Å². The molecule has 1 aromatic carbocycles. The van der Waals surface area contributed by atoms with E-state index < -0.39 is 10.0 Å². The van der Waals surface area contributed by atoms with Gasteiger partial charge in [-0.1, -0.05) is 26.0 Å². The van der Waals surface area contributed by atoms with Crippen LogP contribution in [0.15, 0.2) is 29.2 Å². The molecule has 3 nitrogen and oxygen atoms in total. The highest BCUT2D eigenvalue weighted by atomic mass is 32.2. The van der Waals surface area contributed by atoms with Crippen molar-refractivity contribution in [2.45, 2.75) is 25.2 Å². The van der Waals surface area contributed by atoms with Crippen LogP contribution >= 0.6 is 0 Å². The van der Waals surface area contributed by atoms with Crippen molar-refractivity contribution < 1.29 is 8.42 Å². The Hall–Kier alpha value is -0.870. The largest absolute Gasteiger partial charge is 0.242 e. The molecule has 0 spiro atoms. The first-order chi connectivity index (χ1) is 7.34. The molecular weight excluding hydrogens is 222 g/mol. The minimum Gasteiger partial charge on any atom is -0.207 e. The van der Waals surface area contributed by atoms with Gasteiger partial charge in [0.2, 0.25) is 10.0 Å². The Morgan fingerprint density at radius 1 is 1.25 bits per heavy atom. The molecule has 0 bridgehead atoms. The predicted molar refractivity (Wildman–Crippen MR) is 65.9 cm³/mol. The topological polar surface area (TPSA) is 37.4 Å². The molecule has 0 aliphatic rings. The van der Waals surface area contributed by atoms with E-state index in [1.165, 1.54) is 4.31 Å². The van der Waals surface area contributed by atoms with Gasteiger partial charge in [-0.2, -0.15) is 0 Å². The van der Waals surface area contributed by atoms with Crippen LogP contribution in [-0.2, 0) is 16.4 Å². The lowest BCUT2D eigenvalue weighted by molar-refractivity contribution is 0.520. The van der Waals surface area contributed by atoms with Crippen molar-refractivity contribution >= 4 is 10.0 Å². The van der Waals surface area contributed by atoms with Crippen LogP contribution in [0.3, 0.4) is 0 Å². The zero-order chi connectivity index (χ0) is 12.3. The number of sulfonamides is 1. The molecule has 0 radical (unpaired) electrons. The van der Waals surface area contributed by atoms with Crippen molar-refractivity contribution in [2.24, 2.45) is 5.92 Å². The summed E-state index contributed by atoms with van der Waals surface area (Å²) in [4.78, 5) is 0.371. The number of hydrogen-bond donors (Lipinski definition) is 0. The molecule has 0 atom stereocenters. The van der Waals surface area contributed by atoms with Crippen LogP contribution in [0.2, 0.25) is 0 Å². The van der Waals surface area contributed by atoms with Crippen LogP contribution in [0.5, 0.6) is 0 Å². The minimum atomic E-state index is -3.30. The third kappa shape index (κ3) is 3.06. The molecule has 90 valence electrons. The van der Waals surface area contributed by atoms with Crippen molar-refractivity contribution in [1.82, 2.24) is 4.31 Å². The lowest BCUT2D eigenvalue weighted by Gasteiger charge is -2.12. The molecule has 1 aromatic rings. The zero-order valence-electron chi connectivity index (χ0n) is 10.3. The Morgan fingerprint density at radius 2 is 1.88 bits per heavy atom. The van der Waals surface area contributed by atoms with Crippen LogP contribution in [0.4, 0.5) is 0 Å². The normalized spacial score (nSPS) is 12.4. The third-order valence-corrected chi connectivity index (χ3v) is 4.13. The smallest absolute Gasteiger partial charge is 0.207 e. The number of rotatable bonds is 4. The van der Waals surface area contributed by atoms with E-state index in [2.05, 4.69) is 13.8 Å². The molecule has 0 heterocycles. The maximum atomic E-state index is 11.9. The van der Waals surface area contributed by atoms with E-state index in [1.807, 2.05) is 6.07 Å². The molecule has 0 aromatic heterocycles. The van der Waals surface area contributed by atoms with E-state index in [0.717, 1.165) is 12.0 Å². The Bertz CT molecular complexity index is 450. The molecule has 0 fully saturated rings. The van der Waals surface area contributed by atoms with E-state index in [1.54, 1.807) is 32.3 Å². The highest BCUT2D eigenvalue weighted by Gasteiger charge is 2.17. The minimum absolute atomic E-state index is 0.371. The Balaban J connectivity index is 3.08. The monoisotopic (exact) mass is 241 g/mol. The summed E-state index contributed by atoms with van der Waals surface area (Å²) in [6.45, 7) is 4.24. The first-order valence-corrected chi connectivity index (χ1v) is 6.79. The quantitative estimate of drug-likeness (QED) is 0.810. The highest BCUT2D eigenvalue weighted by Crippen LogP contribution is 2.16. The SMILES string of the molecule is CC(C)Cc1cccc(S(=O)(=O)N(C)C)c1. The average Bonchev–Trinajstić information content (AvgIpc) is 2.16. The van der Waals surface area contributed by atoms with Crippen LogP contribution in [0.1, 0.15) is 19.4 Å². The van der Waals surface area contributed by atoms with E-state index in [-0.39, 0.29) is 0 Å². The van der Waals surface area contributed by atoms with Gasteiger partial charge in [0, 0.05) is 14.1 Å². The molecule has 0 unspecified atom stereocenters. The van der Waals surface area contributed by atoms with E-state index in [4.69, 9.17) is 0 Å². The zero-order valence-corrected chi connectivity index (χ0v) is 11.1. The highest BCUT2D eigenvalue weighted by molar-refractivity contribution is 7.89. The van der Waals surface area contributed by atoms with Gasteiger partial charge >= 0.3 is 0 Å². The van der Waals surface area contributed by atoms with Gasteiger partial charge in [0.05, 0.1) is 4.90 Å². The van der Waals surface area contributed by atoms with E-state index >= 15 is 0 Å². The molecule has 4 heteroatoms. The summed E-state index contributed by atoms with van der Waals surface area (Å²) in [5.41, 5.74) is 1.07. The van der Waals surface area contributed by atoms with Crippen LogP contribution in [0.25, 0.3) is 0 Å².